The van der Waals surface area contributed by atoms with Crippen molar-refractivity contribution in [1.82, 2.24) is 0 Å². The quantitative estimate of drug-likeness (QED) is 0.516. The first-order chi connectivity index (χ1) is 14.0. The third kappa shape index (κ3) is 3.09. The van der Waals surface area contributed by atoms with E-state index in [0.29, 0.717) is 25.0 Å². The second kappa shape index (κ2) is 7.29. The molecule has 170 valence electrons. The first-order valence-electron chi connectivity index (χ1n) is 10.9. The van der Waals surface area contributed by atoms with Crippen molar-refractivity contribution in [1.29, 1.82) is 0 Å². The predicted molar refractivity (Wildman–Crippen MR) is 110 cm³/mol. The highest BCUT2D eigenvalue weighted by molar-refractivity contribution is 7.85. The van der Waals surface area contributed by atoms with Gasteiger partial charge in [-0.15, -0.1) is 0 Å². The molecule has 4 rings (SSSR count). The molecular weight excluding hydrogens is 408 g/mol. The molecule has 3 fully saturated rings. The average Bonchev–Trinajstić information content (AvgIpc) is 3.02. The summed E-state index contributed by atoms with van der Waals surface area (Å²) < 4.78 is 51.2. The smallest absolute Gasteiger partial charge is 0.334 e. The van der Waals surface area contributed by atoms with Crippen LogP contribution in [0.15, 0.2) is 11.6 Å². The maximum Gasteiger partial charge on any atom is 0.334 e. The number of hydrogen-bond acceptors (Lipinski definition) is 6. The van der Waals surface area contributed by atoms with Crippen LogP contribution in [-0.4, -0.2) is 58.2 Å². The third-order valence-corrected chi connectivity index (χ3v) is 10.0. The molecule has 0 radical (unpaired) electrons. The van der Waals surface area contributed by atoms with Crippen molar-refractivity contribution in [3.8, 4) is 0 Å². The molecule has 0 aromatic heterocycles. The third-order valence-electron chi connectivity index (χ3n) is 9.11. The van der Waals surface area contributed by atoms with Crippen LogP contribution in [0, 0.1) is 34.0 Å². The maximum atomic E-state index is 12.3. The summed E-state index contributed by atoms with van der Waals surface area (Å²) in [6, 6.07) is 0. The number of rotatable bonds is 5. The van der Waals surface area contributed by atoms with E-state index in [2.05, 4.69) is 13.8 Å². The number of esters is 1. The molecule has 0 amide bonds. The van der Waals surface area contributed by atoms with Gasteiger partial charge in [-0.3, -0.25) is 4.55 Å². The summed E-state index contributed by atoms with van der Waals surface area (Å²) in [5.41, 5.74) is -0.434. The standard InChI is InChI=1S/C22H34O7S/c1-20-9-8-18(28-4)21(2,12-27-3)16(20)7-10-22(13-30(24,25)26)15-11-29-19(23)14(15)5-6-17(20)22/h5,15-18H,6-13H2,1-4H3,(H,24,25,26)/t15?,16?,17?,18-,20-,21+,22+/m1/s1. The molecule has 0 spiro atoms. The number of hydrogen-bond donors (Lipinski definition) is 1. The Kier molecular flexibility index (Phi) is 5.40. The van der Waals surface area contributed by atoms with Crippen LogP contribution in [0.2, 0.25) is 0 Å². The molecule has 1 heterocycles. The molecule has 7 nitrogen and oxygen atoms in total. The van der Waals surface area contributed by atoms with E-state index in [0.717, 1.165) is 19.3 Å². The van der Waals surface area contributed by atoms with E-state index < -0.39 is 15.5 Å². The Hall–Kier alpha value is -0.960. The zero-order valence-corrected chi connectivity index (χ0v) is 19.2. The van der Waals surface area contributed by atoms with E-state index in [1.165, 1.54) is 0 Å². The normalized spacial score (nSPS) is 45.8. The molecule has 1 saturated heterocycles. The fourth-order valence-corrected chi connectivity index (χ4v) is 9.32. The number of carbonyl (C=O) groups excluding carboxylic acids is 1. The van der Waals surface area contributed by atoms with E-state index in [9.17, 15) is 17.8 Å². The molecule has 0 bridgehead atoms. The first kappa shape index (κ1) is 22.2. The summed E-state index contributed by atoms with van der Waals surface area (Å²) >= 11 is 0. The van der Waals surface area contributed by atoms with Crippen molar-refractivity contribution in [3.05, 3.63) is 11.6 Å². The van der Waals surface area contributed by atoms with Crippen LogP contribution >= 0.6 is 0 Å². The van der Waals surface area contributed by atoms with Gasteiger partial charge in [-0.25, -0.2) is 4.79 Å². The Labute approximate surface area is 179 Å². The molecule has 0 aromatic rings. The van der Waals surface area contributed by atoms with Crippen LogP contribution in [0.4, 0.5) is 0 Å². The molecule has 4 aliphatic rings. The number of allylic oxidation sites excluding steroid dienone is 1. The van der Waals surface area contributed by atoms with Crippen molar-refractivity contribution in [3.63, 3.8) is 0 Å². The van der Waals surface area contributed by atoms with Gasteiger partial charge in [0.05, 0.1) is 25.1 Å². The van der Waals surface area contributed by atoms with Crippen LogP contribution in [0.1, 0.15) is 46.0 Å². The van der Waals surface area contributed by atoms with E-state index in [1.54, 1.807) is 14.2 Å². The summed E-state index contributed by atoms with van der Waals surface area (Å²) in [6.45, 7) is 5.29. The minimum absolute atomic E-state index is 0.0305. The Morgan fingerprint density at radius 2 is 1.93 bits per heavy atom. The van der Waals surface area contributed by atoms with Crippen molar-refractivity contribution in [2.45, 2.75) is 52.1 Å². The summed E-state index contributed by atoms with van der Waals surface area (Å²) in [4.78, 5) is 12.3. The van der Waals surface area contributed by atoms with E-state index >= 15 is 0 Å². The summed E-state index contributed by atoms with van der Waals surface area (Å²) in [7, 11) is -0.753. The van der Waals surface area contributed by atoms with Crippen LogP contribution in [0.3, 0.4) is 0 Å². The van der Waals surface area contributed by atoms with Gasteiger partial charge in [-0.1, -0.05) is 19.9 Å². The van der Waals surface area contributed by atoms with Gasteiger partial charge in [0.1, 0.15) is 0 Å². The minimum atomic E-state index is -4.22. The molecule has 1 N–H and O–H groups in total. The number of carbonyl (C=O) groups is 1. The number of cyclic esters (lactones) is 1. The largest absolute Gasteiger partial charge is 0.462 e. The molecule has 7 atom stereocenters. The summed E-state index contributed by atoms with van der Waals surface area (Å²) in [5, 5.41) is 0. The van der Waals surface area contributed by atoms with Gasteiger partial charge >= 0.3 is 5.97 Å². The number of methoxy groups -OCH3 is 2. The lowest BCUT2D eigenvalue weighted by atomic mass is 9.39. The highest BCUT2D eigenvalue weighted by atomic mass is 32.2. The molecule has 30 heavy (non-hydrogen) atoms. The van der Waals surface area contributed by atoms with Gasteiger partial charge in [0.2, 0.25) is 0 Å². The second-order valence-corrected chi connectivity index (χ2v) is 11.8. The van der Waals surface area contributed by atoms with E-state index in [4.69, 9.17) is 14.2 Å². The lowest BCUT2D eigenvalue weighted by Crippen LogP contribution is -2.64. The topological polar surface area (TPSA) is 99.1 Å². The maximum absolute atomic E-state index is 12.3. The fourth-order valence-electron chi connectivity index (χ4n) is 8.09. The minimum Gasteiger partial charge on any atom is -0.462 e. The summed E-state index contributed by atoms with van der Waals surface area (Å²) in [5.74, 6) is -0.621. The van der Waals surface area contributed by atoms with Crippen LogP contribution < -0.4 is 0 Å². The Morgan fingerprint density at radius 1 is 1.20 bits per heavy atom. The van der Waals surface area contributed by atoms with Crippen LogP contribution in [-0.2, 0) is 29.1 Å². The summed E-state index contributed by atoms with van der Waals surface area (Å²) in [6.07, 6.45) is 5.90. The van der Waals surface area contributed by atoms with Crippen LogP contribution in [0.5, 0.6) is 0 Å². The number of ether oxygens (including phenoxy) is 3. The van der Waals surface area contributed by atoms with Gasteiger partial charge in [-0.2, -0.15) is 8.42 Å². The zero-order valence-electron chi connectivity index (χ0n) is 18.3. The SMILES string of the molecule is COC[C@@]1(C)C2CC[C@]3(CS(=O)(=O)O)C4COC(=O)C4=CCC3[C@]2(C)CC[C@H]1OC. The van der Waals surface area contributed by atoms with E-state index in [-0.39, 0.29) is 53.0 Å². The Morgan fingerprint density at radius 3 is 2.57 bits per heavy atom. The van der Waals surface area contributed by atoms with Crippen molar-refractivity contribution in [2.75, 3.05) is 33.2 Å². The van der Waals surface area contributed by atoms with Gasteiger partial charge in [0.15, 0.2) is 0 Å². The predicted octanol–water partition coefficient (Wildman–Crippen LogP) is 2.86. The van der Waals surface area contributed by atoms with Crippen LogP contribution in [0.25, 0.3) is 0 Å². The average molecular weight is 443 g/mol. The Bertz CT molecular complexity index is 852. The zero-order chi connectivity index (χ0) is 21.9. The molecule has 3 aliphatic carbocycles. The highest BCUT2D eigenvalue weighted by Gasteiger charge is 2.67. The Balaban J connectivity index is 1.82. The fraction of sp³-hybridized carbons (Fsp3) is 0.864. The monoisotopic (exact) mass is 442 g/mol. The molecule has 1 aliphatic heterocycles. The molecular formula is C22H34O7S. The molecule has 0 aromatic carbocycles. The highest BCUT2D eigenvalue weighted by Crippen LogP contribution is 2.69. The molecule has 8 heteroatoms. The van der Waals surface area contributed by atoms with Gasteiger partial charge in [0, 0.05) is 36.5 Å². The van der Waals surface area contributed by atoms with Gasteiger partial charge in [0.25, 0.3) is 10.1 Å². The second-order valence-electron chi connectivity index (χ2n) is 10.4. The van der Waals surface area contributed by atoms with Crippen molar-refractivity contribution < 1.29 is 32.0 Å². The lowest BCUT2D eigenvalue weighted by Gasteiger charge is -2.66. The molecule has 2 saturated carbocycles. The number of fused-ring (bicyclic) bond motifs is 5. The lowest BCUT2D eigenvalue weighted by molar-refractivity contribution is -0.205. The van der Waals surface area contributed by atoms with Crippen molar-refractivity contribution >= 4 is 16.1 Å². The van der Waals surface area contributed by atoms with E-state index in [1.807, 2.05) is 6.08 Å². The first-order valence-corrected chi connectivity index (χ1v) is 12.5. The van der Waals surface area contributed by atoms with Gasteiger partial charge < -0.3 is 14.2 Å². The van der Waals surface area contributed by atoms with Crippen molar-refractivity contribution in [2.24, 2.45) is 34.0 Å². The van der Waals surface area contributed by atoms with Gasteiger partial charge in [-0.05, 0) is 49.4 Å². The molecule has 3 unspecified atom stereocenters.